The predicted octanol–water partition coefficient (Wildman–Crippen LogP) is 5.68. The van der Waals surface area contributed by atoms with Crippen LogP contribution in [-0.2, 0) is 10.2 Å². The van der Waals surface area contributed by atoms with Gasteiger partial charge in [0.25, 0.3) is 5.91 Å². The van der Waals surface area contributed by atoms with E-state index >= 15 is 0 Å². The fourth-order valence-corrected chi connectivity index (χ4v) is 3.62. The molecule has 0 bridgehead atoms. The Balaban J connectivity index is 1.66. The molecule has 0 radical (unpaired) electrons. The highest BCUT2D eigenvalue weighted by Gasteiger charge is 2.15. The van der Waals surface area contributed by atoms with Gasteiger partial charge in [-0.1, -0.05) is 54.1 Å². The van der Waals surface area contributed by atoms with Crippen molar-refractivity contribution in [3.8, 4) is 5.75 Å². The van der Waals surface area contributed by atoms with Crippen LogP contribution in [0.15, 0.2) is 40.9 Å². The molecule has 0 unspecified atom stereocenters. The second-order valence-electron chi connectivity index (χ2n) is 7.20. The minimum absolute atomic E-state index is 0.0514. The van der Waals surface area contributed by atoms with Crippen LogP contribution < -0.4 is 10.1 Å². The third-order valence-corrected chi connectivity index (χ3v) is 5.82. The highest BCUT2D eigenvalue weighted by molar-refractivity contribution is 9.10. The van der Waals surface area contributed by atoms with Crippen LogP contribution >= 0.6 is 27.3 Å². The largest absolute Gasteiger partial charge is 0.484 e. The molecular formula is C20H21BrN2O2S. The van der Waals surface area contributed by atoms with E-state index in [1.165, 1.54) is 16.9 Å². The fourth-order valence-electron chi connectivity index (χ4n) is 2.46. The van der Waals surface area contributed by atoms with E-state index in [0.717, 1.165) is 20.3 Å². The van der Waals surface area contributed by atoms with Crippen molar-refractivity contribution in [3.05, 3.63) is 52.0 Å². The van der Waals surface area contributed by atoms with Crippen LogP contribution in [-0.4, -0.2) is 17.5 Å². The molecule has 26 heavy (non-hydrogen) atoms. The van der Waals surface area contributed by atoms with E-state index in [1.54, 1.807) is 0 Å². The van der Waals surface area contributed by atoms with Gasteiger partial charge in [-0.25, -0.2) is 4.98 Å². The maximum Gasteiger partial charge on any atom is 0.264 e. The Morgan fingerprint density at radius 3 is 2.69 bits per heavy atom. The number of hydrogen-bond acceptors (Lipinski definition) is 4. The predicted molar refractivity (Wildman–Crippen MR) is 111 cm³/mol. The molecule has 1 N–H and O–H groups in total. The van der Waals surface area contributed by atoms with Crippen LogP contribution in [0.1, 0.15) is 31.9 Å². The quantitative estimate of drug-likeness (QED) is 0.576. The summed E-state index contributed by atoms with van der Waals surface area (Å²) < 4.78 is 7.64. The van der Waals surface area contributed by atoms with Gasteiger partial charge in [0.2, 0.25) is 0 Å². The van der Waals surface area contributed by atoms with E-state index in [1.807, 2.05) is 31.2 Å². The fraction of sp³-hybridized carbons (Fsp3) is 0.300. The molecule has 0 fully saturated rings. The third kappa shape index (κ3) is 4.43. The van der Waals surface area contributed by atoms with Crippen LogP contribution in [0, 0.1) is 6.92 Å². The Morgan fingerprint density at radius 2 is 2.00 bits per heavy atom. The van der Waals surface area contributed by atoms with Crippen LogP contribution in [0.2, 0.25) is 0 Å². The van der Waals surface area contributed by atoms with Crippen molar-refractivity contribution in [2.24, 2.45) is 0 Å². The molecule has 0 saturated heterocycles. The van der Waals surface area contributed by atoms with Gasteiger partial charge in [0.05, 0.1) is 10.2 Å². The van der Waals surface area contributed by atoms with Crippen molar-refractivity contribution >= 4 is 48.5 Å². The molecule has 2 aromatic carbocycles. The average molecular weight is 433 g/mol. The highest BCUT2D eigenvalue weighted by atomic mass is 79.9. The van der Waals surface area contributed by atoms with Crippen LogP contribution in [0.3, 0.4) is 0 Å². The number of aryl methyl sites for hydroxylation is 1. The second-order valence-corrected chi connectivity index (χ2v) is 9.08. The molecule has 1 amide bonds. The lowest BCUT2D eigenvalue weighted by Crippen LogP contribution is -2.20. The monoisotopic (exact) mass is 432 g/mol. The lowest BCUT2D eigenvalue weighted by molar-refractivity contribution is -0.118. The number of fused-ring (bicyclic) bond motifs is 1. The summed E-state index contributed by atoms with van der Waals surface area (Å²) >= 11 is 4.92. The summed E-state index contributed by atoms with van der Waals surface area (Å²) in [5.41, 5.74) is 3.28. The van der Waals surface area contributed by atoms with Gasteiger partial charge in [0.15, 0.2) is 11.7 Å². The molecule has 6 heteroatoms. The van der Waals surface area contributed by atoms with Gasteiger partial charge in [0.1, 0.15) is 5.75 Å². The van der Waals surface area contributed by atoms with Crippen LogP contribution in [0.5, 0.6) is 5.75 Å². The van der Waals surface area contributed by atoms with Crippen molar-refractivity contribution in [1.29, 1.82) is 0 Å². The maximum atomic E-state index is 12.2. The first kappa shape index (κ1) is 18.9. The summed E-state index contributed by atoms with van der Waals surface area (Å²) in [4.78, 5) is 16.6. The zero-order valence-corrected chi connectivity index (χ0v) is 17.6. The minimum Gasteiger partial charge on any atom is -0.484 e. The summed E-state index contributed by atoms with van der Waals surface area (Å²) in [5, 5.41) is 3.41. The number of carbonyl (C=O) groups excluding carboxylic acids is 1. The summed E-state index contributed by atoms with van der Waals surface area (Å²) in [6.07, 6.45) is 0. The number of hydrogen-bond donors (Lipinski definition) is 1. The number of nitrogens with zero attached hydrogens (tertiary/aromatic N) is 1. The number of halogens is 1. The Kier molecular flexibility index (Phi) is 5.34. The summed E-state index contributed by atoms with van der Waals surface area (Å²) in [6.45, 7) is 8.46. The summed E-state index contributed by atoms with van der Waals surface area (Å²) in [7, 11) is 0. The molecule has 136 valence electrons. The van der Waals surface area contributed by atoms with E-state index < -0.39 is 0 Å². The number of thiazole rings is 1. The molecule has 3 aromatic rings. The molecule has 1 heterocycles. The molecule has 0 spiro atoms. The normalized spacial score (nSPS) is 11.6. The lowest BCUT2D eigenvalue weighted by atomic mass is 9.87. The SMILES string of the molecule is Cc1cc(OCC(=O)Nc2nc3ccc(C(C)(C)C)cc3s2)ccc1Br. The lowest BCUT2D eigenvalue weighted by Gasteiger charge is -2.18. The molecule has 3 rings (SSSR count). The molecule has 4 nitrogen and oxygen atoms in total. The highest BCUT2D eigenvalue weighted by Crippen LogP contribution is 2.31. The number of aromatic nitrogens is 1. The first-order valence-corrected chi connectivity index (χ1v) is 9.93. The number of amides is 1. The zero-order chi connectivity index (χ0) is 18.9. The van der Waals surface area contributed by atoms with Gasteiger partial charge in [-0.2, -0.15) is 0 Å². The Bertz CT molecular complexity index is 960. The van der Waals surface area contributed by atoms with Crippen molar-refractivity contribution in [2.75, 3.05) is 11.9 Å². The molecule has 1 aromatic heterocycles. The minimum atomic E-state index is -0.222. The first-order valence-electron chi connectivity index (χ1n) is 8.32. The van der Waals surface area contributed by atoms with E-state index in [0.29, 0.717) is 10.9 Å². The van der Waals surface area contributed by atoms with Gasteiger partial charge in [0, 0.05) is 4.47 Å². The van der Waals surface area contributed by atoms with Crippen molar-refractivity contribution in [3.63, 3.8) is 0 Å². The summed E-state index contributed by atoms with van der Waals surface area (Å²) in [6, 6.07) is 11.9. The maximum absolute atomic E-state index is 12.2. The summed E-state index contributed by atoms with van der Waals surface area (Å²) in [5.74, 6) is 0.445. The number of rotatable bonds is 4. The average Bonchev–Trinajstić information content (AvgIpc) is 2.96. The zero-order valence-electron chi connectivity index (χ0n) is 15.2. The molecule has 0 aliphatic heterocycles. The van der Waals surface area contributed by atoms with E-state index in [9.17, 15) is 4.79 Å². The van der Waals surface area contributed by atoms with Gasteiger partial charge < -0.3 is 4.74 Å². The van der Waals surface area contributed by atoms with Crippen molar-refractivity contribution in [2.45, 2.75) is 33.1 Å². The molecule has 0 atom stereocenters. The van der Waals surface area contributed by atoms with Crippen LogP contribution in [0.25, 0.3) is 10.2 Å². The first-order chi connectivity index (χ1) is 12.2. The Hall–Kier alpha value is -1.92. The smallest absolute Gasteiger partial charge is 0.264 e. The Labute approximate surface area is 165 Å². The van der Waals surface area contributed by atoms with Gasteiger partial charge in [-0.05, 0) is 53.8 Å². The number of nitrogens with one attached hydrogen (secondary N) is 1. The molecular weight excluding hydrogens is 412 g/mol. The van der Waals surface area contributed by atoms with Crippen molar-refractivity contribution < 1.29 is 9.53 Å². The number of benzene rings is 2. The van der Waals surface area contributed by atoms with Gasteiger partial charge in [-0.3, -0.25) is 10.1 Å². The topological polar surface area (TPSA) is 51.2 Å². The third-order valence-electron chi connectivity index (χ3n) is 4.00. The van der Waals surface area contributed by atoms with Crippen molar-refractivity contribution in [1.82, 2.24) is 4.98 Å². The van der Waals surface area contributed by atoms with E-state index in [2.05, 4.69) is 59.1 Å². The van der Waals surface area contributed by atoms with E-state index in [-0.39, 0.29) is 17.9 Å². The van der Waals surface area contributed by atoms with Gasteiger partial charge >= 0.3 is 0 Å². The molecule has 0 aliphatic carbocycles. The van der Waals surface area contributed by atoms with E-state index in [4.69, 9.17) is 4.74 Å². The molecule has 0 saturated carbocycles. The number of ether oxygens (including phenoxy) is 1. The Morgan fingerprint density at radius 1 is 1.23 bits per heavy atom. The molecule has 0 aliphatic rings. The van der Waals surface area contributed by atoms with Gasteiger partial charge in [-0.15, -0.1) is 0 Å². The number of carbonyl (C=O) groups is 1. The second kappa shape index (κ2) is 7.37. The number of anilines is 1. The van der Waals surface area contributed by atoms with Crippen LogP contribution in [0.4, 0.5) is 5.13 Å². The standard InChI is InChI=1S/C20H21BrN2O2S/c1-12-9-14(6-7-15(12)21)25-11-18(24)23-19-22-16-8-5-13(20(2,3)4)10-17(16)26-19/h5-10H,11H2,1-4H3,(H,22,23,24).